The first kappa shape index (κ1) is 14.0. The molecule has 0 fully saturated rings. The third-order valence-corrected chi connectivity index (χ3v) is 2.71. The van der Waals surface area contributed by atoms with Crippen LogP contribution in [0.5, 0.6) is 0 Å². The van der Waals surface area contributed by atoms with Crippen LogP contribution in [-0.4, -0.2) is 30.4 Å². The van der Waals surface area contributed by atoms with Crippen LogP contribution in [0.1, 0.15) is 18.5 Å². The molecule has 0 spiro atoms. The predicted molar refractivity (Wildman–Crippen MR) is 69.6 cm³/mol. The Kier molecular flexibility index (Phi) is 4.67. The van der Waals surface area contributed by atoms with E-state index in [9.17, 15) is 9.59 Å². The molecule has 0 radical (unpaired) electrons. The number of rotatable bonds is 4. The zero-order valence-electron chi connectivity index (χ0n) is 10.5. The Balaban J connectivity index is 2.64. The highest BCUT2D eigenvalue weighted by Gasteiger charge is 2.15. The molecule has 1 unspecified atom stereocenters. The number of nitrogens with zero attached hydrogens (tertiary/aromatic N) is 1. The summed E-state index contributed by atoms with van der Waals surface area (Å²) >= 11 is 0. The van der Waals surface area contributed by atoms with E-state index in [0.717, 1.165) is 5.56 Å². The van der Waals surface area contributed by atoms with E-state index in [1.54, 1.807) is 18.0 Å². The fraction of sp³-hybridized carbons (Fsp3) is 0.333. The van der Waals surface area contributed by atoms with Gasteiger partial charge in [0.25, 0.3) is 0 Å². The first-order valence-electron chi connectivity index (χ1n) is 5.55. The molecular formula is C12H18N4O2. The second-order valence-corrected chi connectivity index (χ2v) is 4.17. The minimum absolute atomic E-state index is 0.00660. The van der Waals surface area contributed by atoms with Gasteiger partial charge in [0, 0.05) is 11.7 Å². The molecule has 0 aliphatic heterocycles. The number of hydrogen-bond acceptors (Lipinski definition) is 4. The highest BCUT2D eigenvalue weighted by molar-refractivity contribution is 5.94. The van der Waals surface area contributed by atoms with Gasteiger partial charge >= 0.3 is 6.03 Å². The summed E-state index contributed by atoms with van der Waals surface area (Å²) in [5.41, 5.74) is 12.3. The summed E-state index contributed by atoms with van der Waals surface area (Å²) in [6.07, 6.45) is 0. The van der Waals surface area contributed by atoms with Gasteiger partial charge < -0.3 is 11.5 Å². The molecule has 0 saturated heterocycles. The van der Waals surface area contributed by atoms with Crippen molar-refractivity contribution in [3.63, 3.8) is 0 Å². The van der Waals surface area contributed by atoms with E-state index in [-0.39, 0.29) is 12.6 Å². The zero-order valence-corrected chi connectivity index (χ0v) is 10.5. The SMILES string of the molecule is CC(c1cccc(N)c1)N(C)CC(=O)NC(N)=O. The van der Waals surface area contributed by atoms with Gasteiger partial charge in [-0.25, -0.2) is 4.79 Å². The number of amides is 3. The van der Waals surface area contributed by atoms with E-state index in [1.165, 1.54) is 0 Å². The summed E-state index contributed by atoms with van der Waals surface area (Å²) in [7, 11) is 1.79. The number of imide groups is 1. The summed E-state index contributed by atoms with van der Waals surface area (Å²) in [6.45, 7) is 2.03. The molecule has 0 heterocycles. The van der Waals surface area contributed by atoms with E-state index in [1.807, 2.05) is 30.4 Å². The number of benzene rings is 1. The molecule has 6 nitrogen and oxygen atoms in total. The van der Waals surface area contributed by atoms with Crippen LogP contribution in [0.15, 0.2) is 24.3 Å². The van der Waals surface area contributed by atoms with Crippen molar-refractivity contribution in [1.82, 2.24) is 10.2 Å². The van der Waals surface area contributed by atoms with Crippen LogP contribution >= 0.6 is 0 Å². The molecule has 0 saturated carbocycles. The number of carbonyl (C=O) groups is 2. The van der Waals surface area contributed by atoms with Crippen LogP contribution in [-0.2, 0) is 4.79 Å². The van der Waals surface area contributed by atoms with Gasteiger partial charge in [-0.1, -0.05) is 12.1 Å². The topological polar surface area (TPSA) is 101 Å². The average Bonchev–Trinajstić information content (AvgIpc) is 2.26. The molecule has 0 aliphatic rings. The Hall–Kier alpha value is -2.08. The first-order valence-corrected chi connectivity index (χ1v) is 5.55. The molecule has 98 valence electrons. The van der Waals surface area contributed by atoms with Gasteiger partial charge in [0.2, 0.25) is 5.91 Å². The van der Waals surface area contributed by atoms with Crippen molar-refractivity contribution < 1.29 is 9.59 Å². The molecule has 3 amide bonds. The molecule has 0 aliphatic carbocycles. The molecular weight excluding hydrogens is 232 g/mol. The summed E-state index contributed by atoms with van der Waals surface area (Å²) in [4.78, 5) is 23.7. The van der Waals surface area contributed by atoms with E-state index >= 15 is 0 Å². The van der Waals surface area contributed by atoms with Gasteiger partial charge in [0.1, 0.15) is 0 Å². The smallest absolute Gasteiger partial charge is 0.318 e. The number of anilines is 1. The van der Waals surface area contributed by atoms with E-state index < -0.39 is 11.9 Å². The molecule has 6 heteroatoms. The number of hydrogen-bond donors (Lipinski definition) is 3. The van der Waals surface area contributed by atoms with E-state index in [4.69, 9.17) is 11.5 Å². The zero-order chi connectivity index (χ0) is 13.7. The van der Waals surface area contributed by atoms with Crippen molar-refractivity contribution >= 4 is 17.6 Å². The van der Waals surface area contributed by atoms with Gasteiger partial charge in [-0.15, -0.1) is 0 Å². The van der Waals surface area contributed by atoms with Gasteiger partial charge in [-0.05, 0) is 31.7 Å². The number of nitrogens with one attached hydrogen (secondary N) is 1. The molecule has 5 N–H and O–H groups in total. The number of likely N-dealkylation sites (N-methyl/N-ethyl adjacent to an activating group) is 1. The summed E-state index contributed by atoms with van der Waals surface area (Å²) in [5.74, 6) is -0.430. The van der Waals surface area contributed by atoms with E-state index in [0.29, 0.717) is 5.69 Å². The number of primary amides is 1. The molecule has 18 heavy (non-hydrogen) atoms. The van der Waals surface area contributed by atoms with Crippen LogP contribution in [0.25, 0.3) is 0 Å². The van der Waals surface area contributed by atoms with Crippen molar-refractivity contribution in [2.45, 2.75) is 13.0 Å². The van der Waals surface area contributed by atoms with Crippen molar-refractivity contribution in [3.8, 4) is 0 Å². The fourth-order valence-electron chi connectivity index (χ4n) is 1.61. The summed E-state index contributed by atoms with van der Waals surface area (Å²) in [6, 6.07) is 6.61. The number of urea groups is 1. The highest BCUT2D eigenvalue weighted by Crippen LogP contribution is 2.20. The third kappa shape index (κ3) is 4.06. The first-order chi connectivity index (χ1) is 8.40. The third-order valence-electron chi connectivity index (χ3n) is 2.71. The van der Waals surface area contributed by atoms with Gasteiger partial charge in [-0.2, -0.15) is 0 Å². The lowest BCUT2D eigenvalue weighted by Crippen LogP contribution is -2.41. The number of carbonyl (C=O) groups excluding carboxylic acids is 2. The van der Waals surface area contributed by atoms with Crippen LogP contribution < -0.4 is 16.8 Å². The van der Waals surface area contributed by atoms with Crippen LogP contribution in [0, 0.1) is 0 Å². The Bertz CT molecular complexity index is 447. The number of nitrogens with two attached hydrogens (primary N) is 2. The van der Waals surface area contributed by atoms with Crippen molar-refractivity contribution in [1.29, 1.82) is 0 Å². The highest BCUT2D eigenvalue weighted by atomic mass is 16.2. The maximum Gasteiger partial charge on any atom is 0.318 e. The van der Waals surface area contributed by atoms with E-state index in [2.05, 4.69) is 0 Å². The largest absolute Gasteiger partial charge is 0.399 e. The Morgan fingerprint density at radius 2 is 2.11 bits per heavy atom. The van der Waals surface area contributed by atoms with Crippen molar-refractivity contribution in [3.05, 3.63) is 29.8 Å². The lowest BCUT2D eigenvalue weighted by Gasteiger charge is -2.24. The minimum atomic E-state index is -0.843. The minimum Gasteiger partial charge on any atom is -0.399 e. The Morgan fingerprint density at radius 3 is 2.67 bits per heavy atom. The normalized spacial score (nSPS) is 12.2. The molecule has 0 bridgehead atoms. The summed E-state index contributed by atoms with van der Waals surface area (Å²) < 4.78 is 0. The molecule has 0 aromatic heterocycles. The molecule has 1 atom stereocenters. The van der Waals surface area contributed by atoms with Crippen LogP contribution in [0.3, 0.4) is 0 Å². The summed E-state index contributed by atoms with van der Waals surface area (Å²) in [5, 5.41) is 2.02. The van der Waals surface area contributed by atoms with Crippen molar-refractivity contribution in [2.75, 3.05) is 19.3 Å². The van der Waals surface area contributed by atoms with Crippen LogP contribution in [0.2, 0.25) is 0 Å². The quantitative estimate of drug-likeness (QED) is 0.675. The molecule has 1 aromatic rings. The monoisotopic (exact) mass is 250 g/mol. The number of nitrogen functional groups attached to an aromatic ring is 1. The Labute approximate surface area is 106 Å². The van der Waals surface area contributed by atoms with Gasteiger partial charge in [0.05, 0.1) is 6.54 Å². The van der Waals surface area contributed by atoms with Gasteiger partial charge in [0.15, 0.2) is 0 Å². The molecule has 1 aromatic carbocycles. The molecule has 1 rings (SSSR count). The maximum atomic E-state index is 11.4. The second-order valence-electron chi connectivity index (χ2n) is 4.17. The average molecular weight is 250 g/mol. The lowest BCUT2D eigenvalue weighted by molar-refractivity contribution is -0.121. The second kappa shape index (κ2) is 6.02. The maximum absolute atomic E-state index is 11.4. The lowest BCUT2D eigenvalue weighted by atomic mass is 10.1. The fourth-order valence-corrected chi connectivity index (χ4v) is 1.61. The van der Waals surface area contributed by atoms with Crippen molar-refractivity contribution in [2.24, 2.45) is 5.73 Å². The van der Waals surface area contributed by atoms with Crippen LogP contribution in [0.4, 0.5) is 10.5 Å². The predicted octanol–water partition coefficient (Wildman–Crippen LogP) is 0.457. The Morgan fingerprint density at radius 1 is 1.44 bits per heavy atom. The van der Waals surface area contributed by atoms with Gasteiger partial charge in [-0.3, -0.25) is 15.0 Å². The standard InChI is InChI=1S/C12H18N4O2/c1-8(9-4-3-5-10(13)6-9)16(2)7-11(17)15-12(14)18/h3-6,8H,7,13H2,1-2H3,(H3,14,15,17,18).